The summed E-state index contributed by atoms with van der Waals surface area (Å²) in [5.41, 5.74) is 0.150. The molecular formula is C10H9ClO3. The average molecular weight is 213 g/mol. The molecule has 3 nitrogen and oxygen atoms in total. The van der Waals surface area contributed by atoms with Crippen LogP contribution < -0.4 is 9.47 Å². The van der Waals surface area contributed by atoms with Crippen LogP contribution in [0.4, 0.5) is 0 Å². The number of benzene rings is 1. The molecule has 1 aromatic carbocycles. The van der Waals surface area contributed by atoms with E-state index < -0.39 is 5.60 Å². The van der Waals surface area contributed by atoms with Crippen molar-refractivity contribution < 1.29 is 14.6 Å². The van der Waals surface area contributed by atoms with Gasteiger partial charge in [-0.2, -0.15) is 0 Å². The smallest absolute Gasteiger partial charge is 0.231 e. The summed E-state index contributed by atoms with van der Waals surface area (Å²) in [4.78, 5) is 0. The van der Waals surface area contributed by atoms with Gasteiger partial charge in [0.05, 0.1) is 10.6 Å². The molecule has 0 spiro atoms. The highest BCUT2D eigenvalue weighted by Gasteiger charge is 2.43. The lowest BCUT2D eigenvalue weighted by Crippen LogP contribution is -2.03. The number of hydrogen-bond donors (Lipinski definition) is 1. The van der Waals surface area contributed by atoms with Crippen LogP contribution in [0.15, 0.2) is 12.1 Å². The first kappa shape index (κ1) is 8.38. The number of halogens is 1. The Morgan fingerprint density at radius 3 is 2.79 bits per heavy atom. The molecule has 1 N–H and O–H groups in total. The lowest BCUT2D eigenvalue weighted by molar-refractivity contribution is 0.150. The molecule has 1 aliphatic heterocycles. The van der Waals surface area contributed by atoms with E-state index in [0.717, 1.165) is 18.4 Å². The SMILES string of the molecule is OC1(c2cc(Cl)c3c(c2)OCO3)CC1. The molecule has 0 saturated heterocycles. The molecular weight excluding hydrogens is 204 g/mol. The fourth-order valence-electron chi connectivity index (χ4n) is 1.64. The summed E-state index contributed by atoms with van der Waals surface area (Å²) in [5, 5.41) is 10.4. The van der Waals surface area contributed by atoms with Crippen LogP contribution in [0.3, 0.4) is 0 Å². The molecule has 0 aromatic heterocycles. The Bertz CT molecular complexity index is 399. The predicted octanol–water partition coefficient (Wildman–Crippen LogP) is 2.05. The first-order valence-corrected chi connectivity index (χ1v) is 4.89. The fraction of sp³-hybridized carbons (Fsp3) is 0.400. The second-order valence-electron chi connectivity index (χ2n) is 3.72. The third kappa shape index (κ3) is 1.09. The Morgan fingerprint density at radius 2 is 2.07 bits per heavy atom. The Morgan fingerprint density at radius 1 is 1.29 bits per heavy atom. The van der Waals surface area contributed by atoms with Gasteiger partial charge in [0.25, 0.3) is 0 Å². The topological polar surface area (TPSA) is 38.7 Å². The highest BCUT2D eigenvalue weighted by Crippen LogP contribution is 2.50. The van der Waals surface area contributed by atoms with Crippen LogP contribution in [0.5, 0.6) is 11.5 Å². The first-order chi connectivity index (χ1) is 6.69. The van der Waals surface area contributed by atoms with Crippen molar-refractivity contribution in [2.24, 2.45) is 0 Å². The lowest BCUT2D eigenvalue weighted by atomic mass is 10.1. The van der Waals surface area contributed by atoms with Gasteiger partial charge in [-0.1, -0.05) is 11.6 Å². The number of fused-ring (bicyclic) bond motifs is 1. The predicted molar refractivity (Wildman–Crippen MR) is 50.7 cm³/mol. The van der Waals surface area contributed by atoms with Gasteiger partial charge in [0.1, 0.15) is 0 Å². The third-order valence-corrected chi connectivity index (χ3v) is 2.97. The van der Waals surface area contributed by atoms with E-state index in [4.69, 9.17) is 21.1 Å². The maximum absolute atomic E-state index is 9.90. The minimum atomic E-state index is -0.676. The first-order valence-electron chi connectivity index (χ1n) is 4.51. The highest BCUT2D eigenvalue weighted by molar-refractivity contribution is 6.32. The molecule has 1 aromatic rings. The van der Waals surface area contributed by atoms with Crippen molar-refractivity contribution in [2.75, 3.05) is 6.79 Å². The molecule has 2 aliphatic rings. The van der Waals surface area contributed by atoms with Crippen LogP contribution >= 0.6 is 11.6 Å². The highest BCUT2D eigenvalue weighted by atomic mass is 35.5. The van der Waals surface area contributed by atoms with Crippen LogP contribution in [-0.4, -0.2) is 11.9 Å². The largest absolute Gasteiger partial charge is 0.454 e. The molecule has 1 saturated carbocycles. The van der Waals surface area contributed by atoms with Crippen LogP contribution in [0, 0.1) is 0 Å². The zero-order valence-corrected chi connectivity index (χ0v) is 8.17. The van der Waals surface area contributed by atoms with Gasteiger partial charge >= 0.3 is 0 Å². The van der Waals surface area contributed by atoms with Crippen molar-refractivity contribution in [3.8, 4) is 11.5 Å². The molecule has 4 heteroatoms. The summed E-state index contributed by atoms with van der Waals surface area (Å²) < 4.78 is 10.4. The van der Waals surface area contributed by atoms with E-state index in [-0.39, 0.29) is 6.79 Å². The summed E-state index contributed by atoms with van der Waals surface area (Å²) in [6, 6.07) is 3.56. The standard InChI is InChI=1S/C10H9ClO3/c11-7-3-6(10(12)1-2-10)4-8-9(7)14-5-13-8/h3-4,12H,1-2,5H2. The van der Waals surface area contributed by atoms with Gasteiger partial charge in [-0.25, -0.2) is 0 Å². The molecule has 0 radical (unpaired) electrons. The van der Waals surface area contributed by atoms with Crippen molar-refractivity contribution in [3.63, 3.8) is 0 Å². The van der Waals surface area contributed by atoms with Crippen molar-refractivity contribution in [3.05, 3.63) is 22.7 Å². The van der Waals surface area contributed by atoms with Crippen LogP contribution in [-0.2, 0) is 5.60 Å². The summed E-state index contributed by atoms with van der Waals surface area (Å²) >= 11 is 5.99. The monoisotopic (exact) mass is 212 g/mol. The van der Waals surface area contributed by atoms with E-state index in [1.54, 1.807) is 12.1 Å². The van der Waals surface area contributed by atoms with E-state index in [9.17, 15) is 5.11 Å². The summed E-state index contributed by atoms with van der Waals surface area (Å²) in [6.45, 7) is 0.205. The molecule has 3 rings (SSSR count). The molecule has 14 heavy (non-hydrogen) atoms. The number of ether oxygens (including phenoxy) is 2. The number of hydrogen-bond acceptors (Lipinski definition) is 3. The Balaban J connectivity index is 2.12. The van der Waals surface area contributed by atoms with E-state index >= 15 is 0 Å². The minimum absolute atomic E-state index is 0.205. The Labute approximate surface area is 86.2 Å². The van der Waals surface area contributed by atoms with Crippen molar-refractivity contribution >= 4 is 11.6 Å². The van der Waals surface area contributed by atoms with Gasteiger partial charge in [-0.15, -0.1) is 0 Å². The molecule has 1 aliphatic carbocycles. The van der Waals surface area contributed by atoms with Crippen LogP contribution in [0.1, 0.15) is 18.4 Å². The van der Waals surface area contributed by atoms with E-state index in [0.29, 0.717) is 16.5 Å². The van der Waals surface area contributed by atoms with Crippen molar-refractivity contribution in [2.45, 2.75) is 18.4 Å². The van der Waals surface area contributed by atoms with Gasteiger partial charge < -0.3 is 14.6 Å². The van der Waals surface area contributed by atoms with E-state index in [2.05, 4.69) is 0 Å². The van der Waals surface area contributed by atoms with Gasteiger partial charge in [-0.05, 0) is 30.5 Å². The zero-order valence-electron chi connectivity index (χ0n) is 7.42. The molecule has 0 atom stereocenters. The maximum atomic E-state index is 9.90. The molecule has 0 amide bonds. The molecule has 0 bridgehead atoms. The summed E-state index contributed by atoms with van der Waals surface area (Å²) in [6.07, 6.45) is 1.59. The van der Waals surface area contributed by atoms with E-state index in [1.807, 2.05) is 0 Å². The average Bonchev–Trinajstić information content (AvgIpc) is 2.75. The lowest BCUT2D eigenvalue weighted by Gasteiger charge is -2.09. The van der Waals surface area contributed by atoms with Gasteiger partial charge in [0.15, 0.2) is 11.5 Å². The van der Waals surface area contributed by atoms with Crippen LogP contribution in [0.25, 0.3) is 0 Å². The summed E-state index contributed by atoms with van der Waals surface area (Å²) in [5.74, 6) is 1.22. The van der Waals surface area contributed by atoms with Crippen LogP contribution in [0.2, 0.25) is 5.02 Å². The maximum Gasteiger partial charge on any atom is 0.231 e. The third-order valence-electron chi connectivity index (χ3n) is 2.69. The normalized spacial score (nSPS) is 21.0. The molecule has 0 unspecified atom stereocenters. The Kier molecular flexibility index (Phi) is 1.53. The number of aliphatic hydroxyl groups is 1. The van der Waals surface area contributed by atoms with Gasteiger partial charge in [0, 0.05) is 0 Å². The zero-order chi connectivity index (χ0) is 9.76. The van der Waals surface area contributed by atoms with Gasteiger partial charge in [-0.3, -0.25) is 0 Å². The van der Waals surface area contributed by atoms with E-state index in [1.165, 1.54) is 0 Å². The fourth-order valence-corrected chi connectivity index (χ4v) is 1.91. The second kappa shape index (κ2) is 2.55. The van der Waals surface area contributed by atoms with Gasteiger partial charge in [0.2, 0.25) is 6.79 Å². The molecule has 1 fully saturated rings. The molecule has 1 heterocycles. The van der Waals surface area contributed by atoms with Crippen molar-refractivity contribution in [1.29, 1.82) is 0 Å². The minimum Gasteiger partial charge on any atom is -0.454 e. The quantitative estimate of drug-likeness (QED) is 0.775. The molecule has 74 valence electrons. The van der Waals surface area contributed by atoms with Crippen molar-refractivity contribution in [1.82, 2.24) is 0 Å². The summed E-state index contributed by atoms with van der Waals surface area (Å²) in [7, 11) is 0. The Hall–Kier alpha value is -0.930. The number of rotatable bonds is 1. The second-order valence-corrected chi connectivity index (χ2v) is 4.13.